The van der Waals surface area contributed by atoms with Crippen molar-refractivity contribution in [1.82, 2.24) is 24.6 Å². The molecule has 0 amide bonds. The Bertz CT molecular complexity index is 1470. The van der Waals surface area contributed by atoms with E-state index in [0.29, 0.717) is 34.3 Å². The maximum atomic E-state index is 13.3. The number of hydrogen-bond donors (Lipinski definition) is 1. The van der Waals surface area contributed by atoms with Gasteiger partial charge in [0.2, 0.25) is 0 Å². The Kier molecular flexibility index (Phi) is 6.33. The highest BCUT2D eigenvalue weighted by Gasteiger charge is 2.31. The number of benzene rings is 1. The first-order chi connectivity index (χ1) is 18.3. The first-order valence-electron chi connectivity index (χ1n) is 13.1. The first-order valence-corrected chi connectivity index (χ1v) is 13.1. The number of alkyl halides is 3. The highest BCUT2D eigenvalue weighted by atomic mass is 19.4. The van der Waals surface area contributed by atoms with Crippen LogP contribution in [0.2, 0.25) is 0 Å². The number of methoxy groups -OCH3 is 1. The molecule has 1 aliphatic carbocycles. The van der Waals surface area contributed by atoms with Gasteiger partial charge in [0.1, 0.15) is 23.0 Å². The molecule has 200 valence electrons. The minimum Gasteiger partial charge on any atom is -0.381 e. The predicted octanol–water partition coefficient (Wildman–Crippen LogP) is 5.64. The molecule has 0 atom stereocenters. The van der Waals surface area contributed by atoms with Crippen molar-refractivity contribution >= 4 is 28.3 Å². The second-order valence-corrected chi connectivity index (χ2v) is 10.2. The summed E-state index contributed by atoms with van der Waals surface area (Å²) in [6, 6.07) is 7.59. The van der Waals surface area contributed by atoms with Gasteiger partial charge in [0, 0.05) is 38.4 Å². The molecule has 8 nitrogen and oxygen atoms in total. The molecule has 4 heterocycles. The molecule has 2 fully saturated rings. The van der Waals surface area contributed by atoms with Crippen molar-refractivity contribution in [3.63, 3.8) is 0 Å². The molecule has 6 rings (SSSR count). The highest BCUT2D eigenvalue weighted by Crippen LogP contribution is 2.33. The lowest BCUT2D eigenvalue weighted by Gasteiger charge is -2.29. The molecule has 0 unspecified atom stereocenters. The zero-order chi connectivity index (χ0) is 26.4. The predicted molar refractivity (Wildman–Crippen MR) is 139 cm³/mol. The number of fused-ring (bicyclic) bond motifs is 2. The molecule has 0 spiro atoms. The van der Waals surface area contributed by atoms with Crippen molar-refractivity contribution in [3.05, 3.63) is 41.6 Å². The molecular formula is C27H30F3N7O. The third-order valence-electron chi connectivity index (χ3n) is 7.61. The van der Waals surface area contributed by atoms with E-state index in [1.165, 1.54) is 6.07 Å². The average molecular weight is 526 g/mol. The van der Waals surface area contributed by atoms with Crippen molar-refractivity contribution in [3.8, 4) is 11.4 Å². The topological polar surface area (TPSA) is 80.5 Å². The van der Waals surface area contributed by atoms with Gasteiger partial charge in [-0.25, -0.2) is 15.0 Å². The maximum absolute atomic E-state index is 13.3. The van der Waals surface area contributed by atoms with Crippen LogP contribution in [0.3, 0.4) is 0 Å². The van der Waals surface area contributed by atoms with E-state index in [-0.39, 0.29) is 11.6 Å². The van der Waals surface area contributed by atoms with E-state index >= 15 is 0 Å². The summed E-state index contributed by atoms with van der Waals surface area (Å²) in [5.41, 5.74) is 2.04. The molecular weight excluding hydrogens is 495 g/mol. The van der Waals surface area contributed by atoms with Crippen LogP contribution in [-0.4, -0.2) is 56.9 Å². The fourth-order valence-corrected chi connectivity index (χ4v) is 5.50. The summed E-state index contributed by atoms with van der Waals surface area (Å²) < 4.78 is 47.2. The summed E-state index contributed by atoms with van der Waals surface area (Å²) >= 11 is 0. The van der Waals surface area contributed by atoms with Crippen LogP contribution in [0.1, 0.15) is 49.8 Å². The standard InChI is InChI=1S/C27H30F3N7O/c1-16-26(33-21-13-17(27(28,29)30)5-10-20(21)31-16)22-14-24-34-23(36-11-3-4-12-36)15-25(37(24)35-22)32-18-6-8-19(38-2)9-7-18/h5,10,13-15,18-19,32H,3-4,6-9,11-12H2,1-2H3/t18-,19-. The van der Waals surface area contributed by atoms with E-state index in [9.17, 15) is 13.2 Å². The van der Waals surface area contributed by atoms with Gasteiger partial charge in [0.05, 0.1) is 28.4 Å². The second kappa shape index (κ2) is 9.68. The van der Waals surface area contributed by atoms with Gasteiger partial charge in [-0.15, -0.1) is 0 Å². The summed E-state index contributed by atoms with van der Waals surface area (Å²) in [6.07, 6.45) is 2.09. The number of rotatable bonds is 5. The third-order valence-corrected chi connectivity index (χ3v) is 7.61. The zero-order valence-electron chi connectivity index (χ0n) is 21.4. The zero-order valence-corrected chi connectivity index (χ0v) is 21.4. The number of aromatic nitrogens is 5. The molecule has 0 bridgehead atoms. The Balaban J connectivity index is 1.41. The number of nitrogens with one attached hydrogen (secondary N) is 1. The lowest BCUT2D eigenvalue weighted by atomic mass is 9.93. The highest BCUT2D eigenvalue weighted by molar-refractivity contribution is 5.79. The van der Waals surface area contributed by atoms with Crippen molar-refractivity contribution in [2.45, 2.75) is 63.8 Å². The van der Waals surface area contributed by atoms with Crippen LogP contribution in [0.4, 0.5) is 24.8 Å². The lowest BCUT2D eigenvalue weighted by Crippen LogP contribution is -2.30. The van der Waals surface area contributed by atoms with E-state index < -0.39 is 11.7 Å². The molecule has 1 N–H and O–H groups in total. The molecule has 2 aliphatic rings. The van der Waals surface area contributed by atoms with Gasteiger partial charge in [-0.05, 0) is 63.6 Å². The second-order valence-electron chi connectivity index (χ2n) is 10.2. The summed E-state index contributed by atoms with van der Waals surface area (Å²) in [5, 5.41) is 8.49. The van der Waals surface area contributed by atoms with Gasteiger partial charge in [-0.1, -0.05) is 0 Å². The monoisotopic (exact) mass is 525 g/mol. The largest absolute Gasteiger partial charge is 0.416 e. The van der Waals surface area contributed by atoms with Gasteiger partial charge in [0.25, 0.3) is 0 Å². The lowest BCUT2D eigenvalue weighted by molar-refractivity contribution is -0.137. The van der Waals surface area contributed by atoms with E-state index in [4.69, 9.17) is 14.8 Å². The normalized spacial score (nSPS) is 20.5. The van der Waals surface area contributed by atoms with Gasteiger partial charge in [-0.3, -0.25) is 0 Å². The van der Waals surface area contributed by atoms with E-state index in [1.807, 2.05) is 12.1 Å². The average Bonchev–Trinajstić information content (AvgIpc) is 3.58. The van der Waals surface area contributed by atoms with Crippen LogP contribution in [0, 0.1) is 6.92 Å². The van der Waals surface area contributed by atoms with Crippen molar-refractivity contribution in [2.75, 3.05) is 30.4 Å². The van der Waals surface area contributed by atoms with Crippen LogP contribution in [0.25, 0.3) is 28.1 Å². The van der Waals surface area contributed by atoms with Gasteiger partial charge in [0.15, 0.2) is 5.65 Å². The fourth-order valence-electron chi connectivity index (χ4n) is 5.50. The molecule has 0 radical (unpaired) electrons. The molecule has 1 aromatic carbocycles. The van der Waals surface area contributed by atoms with Crippen molar-refractivity contribution in [2.24, 2.45) is 0 Å². The SMILES string of the molecule is CO[C@H]1CC[C@H](Nc2cc(N3CCCC3)nc3cc(-c4nc5cc(C(F)(F)F)ccc5nc4C)nn23)CC1. The molecule has 1 aliphatic heterocycles. The number of nitrogens with zero attached hydrogens (tertiary/aromatic N) is 6. The molecule has 38 heavy (non-hydrogen) atoms. The Morgan fingerprint density at radius 1 is 0.947 bits per heavy atom. The number of halogens is 3. The quantitative estimate of drug-likeness (QED) is 0.361. The smallest absolute Gasteiger partial charge is 0.381 e. The Labute approximate surface area is 218 Å². The van der Waals surface area contributed by atoms with Crippen molar-refractivity contribution in [1.29, 1.82) is 0 Å². The van der Waals surface area contributed by atoms with E-state index in [0.717, 1.165) is 75.4 Å². The third kappa shape index (κ3) is 4.75. The molecule has 4 aromatic rings. The number of anilines is 2. The molecule has 11 heteroatoms. The molecule has 1 saturated carbocycles. The van der Waals surface area contributed by atoms with Crippen LogP contribution < -0.4 is 10.2 Å². The summed E-state index contributed by atoms with van der Waals surface area (Å²) in [5.74, 6) is 1.74. The van der Waals surface area contributed by atoms with Gasteiger partial charge in [-0.2, -0.15) is 22.8 Å². The maximum Gasteiger partial charge on any atom is 0.416 e. The summed E-state index contributed by atoms with van der Waals surface area (Å²) in [6.45, 7) is 3.71. The fraction of sp³-hybridized carbons (Fsp3) is 0.481. The Morgan fingerprint density at radius 2 is 1.71 bits per heavy atom. The van der Waals surface area contributed by atoms with Crippen LogP contribution in [-0.2, 0) is 10.9 Å². The van der Waals surface area contributed by atoms with E-state index in [1.54, 1.807) is 18.5 Å². The van der Waals surface area contributed by atoms with Crippen LogP contribution in [0.5, 0.6) is 0 Å². The molecule has 1 saturated heterocycles. The number of aryl methyl sites for hydroxylation is 1. The van der Waals surface area contributed by atoms with Crippen LogP contribution in [0.15, 0.2) is 30.3 Å². The summed E-state index contributed by atoms with van der Waals surface area (Å²) in [7, 11) is 1.76. The van der Waals surface area contributed by atoms with Crippen LogP contribution >= 0.6 is 0 Å². The molecule has 3 aromatic heterocycles. The number of ether oxygens (including phenoxy) is 1. The van der Waals surface area contributed by atoms with Crippen molar-refractivity contribution < 1.29 is 17.9 Å². The Morgan fingerprint density at radius 3 is 2.42 bits per heavy atom. The minimum absolute atomic E-state index is 0.177. The van der Waals surface area contributed by atoms with Gasteiger partial charge >= 0.3 is 6.18 Å². The van der Waals surface area contributed by atoms with Gasteiger partial charge < -0.3 is 15.0 Å². The Hall–Kier alpha value is -3.47. The minimum atomic E-state index is -4.46. The first kappa shape index (κ1) is 24.8. The number of hydrogen-bond acceptors (Lipinski definition) is 7. The summed E-state index contributed by atoms with van der Waals surface area (Å²) in [4.78, 5) is 16.3. The van der Waals surface area contributed by atoms with E-state index in [2.05, 4.69) is 20.2 Å².